The molecule has 1 aromatic carbocycles. The SMILES string of the molecule is O=C(c1ccncn1)N1CCC2(CC1)N(Cc1ccccc1)C(=O)CS2(=O)=O. The highest BCUT2D eigenvalue weighted by Gasteiger charge is 2.58. The molecule has 2 saturated heterocycles. The minimum absolute atomic E-state index is 0.199. The van der Waals surface area contributed by atoms with E-state index >= 15 is 0 Å². The molecule has 2 aliphatic rings. The quantitative estimate of drug-likeness (QED) is 0.758. The fraction of sp³-hybridized carbons (Fsp3) is 0.368. The van der Waals surface area contributed by atoms with Gasteiger partial charge in [0, 0.05) is 38.7 Å². The average molecular weight is 400 g/mol. The van der Waals surface area contributed by atoms with Gasteiger partial charge in [-0.05, 0) is 11.6 Å². The summed E-state index contributed by atoms with van der Waals surface area (Å²) in [5.41, 5.74) is 1.16. The van der Waals surface area contributed by atoms with Gasteiger partial charge in [0.25, 0.3) is 5.91 Å². The van der Waals surface area contributed by atoms with Gasteiger partial charge in [-0.15, -0.1) is 0 Å². The van der Waals surface area contributed by atoms with Crippen LogP contribution in [-0.4, -0.2) is 63.7 Å². The number of carbonyl (C=O) groups is 2. The number of benzene rings is 1. The maximum Gasteiger partial charge on any atom is 0.272 e. The van der Waals surface area contributed by atoms with Crippen LogP contribution in [0.1, 0.15) is 28.9 Å². The van der Waals surface area contributed by atoms with Crippen molar-refractivity contribution >= 4 is 21.7 Å². The average Bonchev–Trinajstić information content (AvgIpc) is 2.89. The van der Waals surface area contributed by atoms with E-state index in [0.717, 1.165) is 5.56 Å². The summed E-state index contributed by atoms with van der Waals surface area (Å²) < 4.78 is 25.8. The number of nitrogens with zero attached hydrogens (tertiary/aromatic N) is 4. The Morgan fingerprint density at radius 1 is 1.11 bits per heavy atom. The Balaban J connectivity index is 1.57. The Morgan fingerprint density at radius 2 is 1.82 bits per heavy atom. The summed E-state index contributed by atoms with van der Waals surface area (Å²) in [6, 6.07) is 10.9. The molecule has 2 fully saturated rings. The van der Waals surface area contributed by atoms with Crippen LogP contribution < -0.4 is 0 Å². The number of aromatic nitrogens is 2. The molecule has 0 saturated carbocycles. The number of rotatable bonds is 3. The van der Waals surface area contributed by atoms with Gasteiger partial charge in [0.15, 0.2) is 9.84 Å². The molecular weight excluding hydrogens is 380 g/mol. The molecule has 4 rings (SSSR count). The first-order chi connectivity index (χ1) is 13.4. The van der Waals surface area contributed by atoms with Crippen molar-refractivity contribution in [3.05, 3.63) is 60.2 Å². The second kappa shape index (κ2) is 6.97. The monoisotopic (exact) mass is 400 g/mol. The molecule has 0 radical (unpaired) electrons. The molecule has 0 N–H and O–H groups in total. The summed E-state index contributed by atoms with van der Waals surface area (Å²) in [7, 11) is -3.63. The van der Waals surface area contributed by atoms with Crippen molar-refractivity contribution in [2.45, 2.75) is 24.3 Å². The van der Waals surface area contributed by atoms with Crippen molar-refractivity contribution in [1.82, 2.24) is 19.8 Å². The van der Waals surface area contributed by atoms with Gasteiger partial charge in [-0.2, -0.15) is 0 Å². The van der Waals surface area contributed by atoms with Crippen LogP contribution in [0.4, 0.5) is 0 Å². The smallest absolute Gasteiger partial charge is 0.272 e. The molecule has 0 atom stereocenters. The van der Waals surface area contributed by atoms with Crippen LogP contribution >= 0.6 is 0 Å². The Labute approximate surface area is 163 Å². The van der Waals surface area contributed by atoms with E-state index in [9.17, 15) is 18.0 Å². The van der Waals surface area contributed by atoms with E-state index in [1.54, 1.807) is 4.90 Å². The summed E-state index contributed by atoms with van der Waals surface area (Å²) >= 11 is 0. The minimum Gasteiger partial charge on any atom is -0.337 e. The predicted octanol–water partition coefficient (Wildman–Crippen LogP) is 0.866. The summed E-state index contributed by atoms with van der Waals surface area (Å²) in [4.78, 5) is 34.8. The molecule has 28 heavy (non-hydrogen) atoms. The number of carbonyl (C=O) groups excluding carboxylic acids is 2. The number of likely N-dealkylation sites (tertiary alicyclic amines) is 1. The maximum absolute atomic E-state index is 12.9. The van der Waals surface area contributed by atoms with E-state index in [0.29, 0.717) is 0 Å². The first kappa shape index (κ1) is 18.5. The van der Waals surface area contributed by atoms with Gasteiger partial charge in [-0.1, -0.05) is 30.3 Å². The molecule has 8 nitrogen and oxygen atoms in total. The molecule has 9 heteroatoms. The minimum atomic E-state index is -3.63. The molecule has 0 bridgehead atoms. The summed E-state index contributed by atoms with van der Waals surface area (Å²) in [6.07, 6.45) is 3.20. The van der Waals surface area contributed by atoms with Gasteiger partial charge in [-0.25, -0.2) is 18.4 Å². The third-order valence-corrected chi connectivity index (χ3v) is 7.92. The number of hydrogen-bond acceptors (Lipinski definition) is 6. The zero-order valence-corrected chi connectivity index (χ0v) is 16.0. The highest BCUT2D eigenvalue weighted by Crippen LogP contribution is 2.41. The fourth-order valence-electron chi connectivity index (χ4n) is 3.99. The highest BCUT2D eigenvalue weighted by molar-refractivity contribution is 7.93. The van der Waals surface area contributed by atoms with Crippen LogP contribution in [0.5, 0.6) is 0 Å². The molecule has 1 aromatic heterocycles. The molecule has 1 spiro atoms. The third kappa shape index (κ3) is 3.05. The largest absolute Gasteiger partial charge is 0.337 e. The van der Waals surface area contributed by atoms with Crippen molar-refractivity contribution in [1.29, 1.82) is 0 Å². The molecule has 2 aliphatic heterocycles. The topological polar surface area (TPSA) is 101 Å². The van der Waals surface area contributed by atoms with E-state index in [2.05, 4.69) is 9.97 Å². The van der Waals surface area contributed by atoms with Crippen molar-refractivity contribution in [3.63, 3.8) is 0 Å². The number of amides is 2. The predicted molar refractivity (Wildman–Crippen MR) is 101 cm³/mol. The molecule has 3 heterocycles. The summed E-state index contributed by atoms with van der Waals surface area (Å²) in [6.45, 7) is 0.750. The second-order valence-corrected chi connectivity index (χ2v) is 9.34. The van der Waals surface area contributed by atoms with Crippen molar-refractivity contribution < 1.29 is 18.0 Å². The zero-order chi connectivity index (χ0) is 19.8. The van der Waals surface area contributed by atoms with Crippen LogP contribution in [-0.2, 0) is 21.2 Å². The molecular formula is C19H20N4O4S. The Morgan fingerprint density at radius 3 is 2.46 bits per heavy atom. The molecule has 146 valence electrons. The molecule has 2 aromatic rings. The molecule has 0 aliphatic carbocycles. The van der Waals surface area contributed by atoms with E-state index in [4.69, 9.17) is 0 Å². The van der Waals surface area contributed by atoms with E-state index in [-0.39, 0.29) is 50.0 Å². The molecule has 2 amide bonds. The lowest BCUT2D eigenvalue weighted by atomic mass is 10.0. The number of piperidine rings is 1. The van der Waals surface area contributed by atoms with Crippen LogP contribution in [0, 0.1) is 0 Å². The van der Waals surface area contributed by atoms with Crippen molar-refractivity contribution in [2.75, 3.05) is 18.8 Å². The summed E-state index contributed by atoms with van der Waals surface area (Å²) in [5.74, 6) is -1.10. The van der Waals surface area contributed by atoms with Gasteiger partial charge in [-0.3, -0.25) is 9.59 Å². The summed E-state index contributed by atoms with van der Waals surface area (Å²) in [5, 5.41) is 0. The van der Waals surface area contributed by atoms with Crippen molar-refractivity contribution in [3.8, 4) is 0 Å². The Bertz CT molecular complexity index is 987. The normalized spacial score (nSPS) is 20.5. The Hall–Kier alpha value is -2.81. The first-order valence-electron chi connectivity index (χ1n) is 9.05. The van der Waals surface area contributed by atoms with Crippen LogP contribution in [0.3, 0.4) is 0 Å². The first-order valence-corrected chi connectivity index (χ1v) is 10.7. The number of sulfone groups is 1. The van der Waals surface area contributed by atoms with Crippen LogP contribution in [0.2, 0.25) is 0 Å². The highest BCUT2D eigenvalue weighted by atomic mass is 32.2. The van der Waals surface area contributed by atoms with Crippen LogP contribution in [0.25, 0.3) is 0 Å². The van der Waals surface area contributed by atoms with E-state index in [1.165, 1.54) is 23.5 Å². The third-order valence-electron chi connectivity index (χ3n) is 5.50. The van der Waals surface area contributed by atoms with Crippen LogP contribution in [0.15, 0.2) is 48.9 Å². The van der Waals surface area contributed by atoms with E-state index < -0.39 is 20.5 Å². The second-order valence-electron chi connectivity index (χ2n) is 7.06. The molecule has 0 unspecified atom stereocenters. The van der Waals surface area contributed by atoms with Gasteiger partial charge < -0.3 is 9.80 Å². The fourth-order valence-corrected chi connectivity index (χ4v) is 6.04. The van der Waals surface area contributed by atoms with Gasteiger partial charge >= 0.3 is 0 Å². The lowest BCUT2D eigenvalue weighted by Gasteiger charge is -2.43. The van der Waals surface area contributed by atoms with Gasteiger partial charge in [0.2, 0.25) is 5.91 Å². The Kier molecular flexibility index (Phi) is 4.62. The lowest BCUT2D eigenvalue weighted by Crippen LogP contribution is -2.56. The van der Waals surface area contributed by atoms with E-state index in [1.807, 2.05) is 30.3 Å². The number of hydrogen-bond donors (Lipinski definition) is 0. The maximum atomic E-state index is 12.9. The van der Waals surface area contributed by atoms with Gasteiger partial charge in [0.1, 0.15) is 22.6 Å². The van der Waals surface area contributed by atoms with Gasteiger partial charge in [0.05, 0.1) is 0 Å². The van der Waals surface area contributed by atoms with Crippen molar-refractivity contribution in [2.24, 2.45) is 0 Å². The standard InChI is InChI=1S/C19H20N4O4S/c24-17-13-28(26,27)19(23(17)12-15-4-2-1-3-5-15)7-10-22(11-8-19)18(25)16-6-9-20-14-21-16/h1-6,9,14H,7-8,10-13H2. The zero-order valence-electron chi connectivity index (χ0n) is 15.2. The lowest BCUT2D eigenvalue weighted by molar-refractivity contribution is -0.131.